The Labute approximate surface area is 106 Å². The first-order valence-electron chi connectivity index (χ1n) is 4.52. The van der Waals surface area contributed by atoms with E-state index in [0.29, 0.717) is 0 Å². The predicted octanol–water partition coefficient (Wildman–Crippen LogP) is 3.99. The fourth-order valence-electron chi connectivity index (χ4n) is 1.28. The molecule has 0 aromatic heterocycles. The molecule has 1 rings (SSSR count). The van der Waals surface area contributed by atoms with Crippen molar-refractivity contribution < 1.29 is 23.0 Å². The van der Waals surface area contributed by atoms with E-state index in [0.717, 1.165) is 0 Å². The van der Waals surface area contributed by atoms with Gasteiger partial charge in [0.1, 0.15) is 5.75 Å². The van der Waals surface area contributed by atoms with Crippen LogP contribution in [0.3, 0.4) is 0 Å². The Morgan fingerprint density at radius 2 is 1.88 bits per heavy atom. The molecular weight excluding hydrogens is 280 g/mol. The molecule has 1 N–H and O–H groups in total. The van der Waals surface area contributed by atoms with Gasteiger partial charge in [0.05, 0.1) is 29.7 Å². The Balaban J connectivity index is 3.02. The standard InChI is InChI=1S/C10H9Cl2F3O2/c1-17-9-3-6(11)5(2-7(9)12)8(16)4-10(13,14)15/h2-3,8,16H,4H2,1H3. The molecule has 0 aliphatic heterocycles. The van der Waals surface area contributed by atoms with Gasteiger partial charge >= 0.3 is 6.18 Å². The molecule has 96 valence electrons. The van der Waals surface area contributed by atoms with Crippen LogP contribution in [0.5, 0.6) is 5.75 Å². The number of hydrogen-bond donors (Lipinski definition) is 1. The molecule has 0 bridgehead atoms. The lowest BCUT2D eigenvalue weighted by atomic mass is 10.1. The molecule has 17 heavy (non-hydrogen) atoms. The summed E-state index contributed by atoms with van der Waals surface area (Å²) < 4.78 is 41.2. The number of aliphatic hydroxyl groups excluding tert-OH is 1. The normalized spacial score (nSPS) is 13.6. The smallest absolute Gasteiger partial charge is 0.391 e. The lowest BCUT2D eigenvalue weighted by molar-refractivity contribution is -0.154. The van der Waals surface area contributed by atoms with Crippen molar-refractivity contribution in [1.29, 1.82) is 0 Å². The molecule has 1 aromatic carbocycles. The van der Waals surface area contributed by atoms with Crippen LogP contribution in [0.25, 0.3) is 0 Å². The van der Waals surface area contributed by atoms with E-state index >= 15 is 0 Å². The second kappa shape index (κ2) is 5.33. The van der Waals surface area contributed by atoms with Gasteiger partial charge in [-0.25, -0.2) is 0 Å². The molecule has 0 radical (unpaired) electrons. The minimum Gasteiger partial charge on any atom is -0.495 e. The second-order valence-electron chi connectivity index (χ2n) is 3.34. The highest BCUT2D eigenvalue weighted by Crippen LogP contribution is 2.37. The first-order chi connectivity index (χ1) is 7.74. The zero-order valence-electron chi connectivity index (χ0n) is 8.68. The molecule has 0 amide bonds. The summed E-state index contributed by atoms with van der Waals surface area (Å²) in [6.45, 7) is 0. The van der Waals surface area contributed by atoms with E-state index < -0.39 is 18.7 Å². The summed E-state index contributed by atoms with van der Waals surface area (Å²) in [5.74, 6) is 0.236. The maximum absolute atomic E-state index is 12.1. The molecule has 0 aliphatic carbocycles. The fraction of sp³-hybridized carbons (Fsp3) is 0.400. The Bertz CT molecular complexity index is 407. The van der Waals surface area contributed by atoms with Crippen molar-refractivity contribution >= 4 is 23.2 Å². The monoisotopic (exact) mass is 288 g/mol. The minimum atomic E-state index is -4.48. The van der Waals surface area contributed by atoms with Crippen molar-refractivity contribution in [2.75, 3.05) is 7.11 Å². The van der Waals surface area contributed by atoms with Crippen molar-refractivity contribution in [2.45, 2.75) is 18.7 Å². The molecular formula is C10H9Cl2F3O2. The average Bonchev–Trinajstić information content (AvgIpc) is 2.18. The van der Waals surface area contributed by atoms with Gasteiger partial charge in [-0.2, -0.15) is 13.2 Å². The first-order valence-corrected chi connectivity index (χ1v) is 5.28. The minimum absolute atomic E-state index is 0.0250. The third kappa shape index (κ3) is 3.94. The van der Waals surface area contributed by atoms with Crippen LogP contribution >= 0.6 is 23.2 Å². The Hall–Kier alpha value is -0.650. The number of benzene rings is 1. The number of methoxy groups -OCH3 is 1. The lowest BCUT2D eigenvalue weighted by Crippen LogP contribution is -2.14. The van der Waals surface area contributed by atoms with Gasteiger partial charge in [0.15, 0.2) is 0 Å². The van der Waals surface area contributed by atoms with E-state index in [4.69, 9.17) is 27.9 Å². The molecule has 0 heterocycles. The van der Waals surface area contributed by atoms with Crippen LogP contribution in [0.1, 0.15) is 18.1 Å². The van der Waals surface area contributed by atoms with Crippen molar-refractivity contribution in [2.24, 2.45) is 0 Å². The molecule has 7 heteroatoms. The van der Waals surface area contributed by atoms with Crippen molar-refractivity contribution in [3.8, 4) is 5.75 Å². The zero-order chi connectivity index (χ0) is 13.2. The molecule has 0 aliphatic rings. The van der Waals surface area contributed by atoms with E-state index in [1.54, 1.807) is 0 Å². The number of ether oxygens (including phenoxy) is 1. The van der Waals surface area contributed by atoms with Gasteiger partial charge in [-0.05, 0) is 6.07 Å². The van der Waals surface area contributed by atoms with Gasteiger partial charge in [-0.15, -0.1) is 0 Å². The molecule has 2 nitrogen and oxygen atoms in total. The summed E-state index contributed by atoms with van der Waals surface area (Å²) in [6.07, 6.45) is -7.60. The largest absolute Gasteiger partial charge is 0.495 e. The number of halogens is 5. The number of rotatable bonds is 3. The summed E-state index contributed by atoms with van der Waals surface area (Å²) in [5, 5.41) is 9.49. The van der Waals surface area contributed by atoms with Gasteiger partial charge in [0, 0.05) is 11.6 Å². The third-order valence-electron chi connectivity index (χ3n) is 2.05. The van der Waals surface area contributed by atoms with E-state index in [2.05, 4.69) is 0 Å². The van der Waals surface area contributed by atoms with Crippen LogP contribution < -0.4 is 4.74 Å². The molecule has 0 saturated heterocycles. The van der Waals surface area contributed by atoms with Crippen molar-refractivity contribution in [1.82, 2.24) is 0 Å². The topological polar surface area (TPSA) is 29.5 Å². The highest BCUT2D eigenvalue weighted by Gasteiger charge is 2.32. The predicted molar refractivity (Wildman–Crippen MR) is 58.6 cm³/mol. The molecule has 0 fully saturated rings. The summed E-state index contributed by atoms with van der Waals surface area (Å²) in [6, 6.07) is 2.43. The number of hydrogen-bond acceptors (Lipinski definition) is 2. The fourth-order valence-corrected chi connectivity index (χ4v) is 1.81. The molecule has 1 atom stereocenters. The van der Waals surface area contributed by atoms with Gasteiger partial charge in [-0.1, -0.05) is 23.2 Å². The first kappa shape index (κ1) is 14.4. The van der Waals surface area contributed by atoms with Crippen LogP contribution in [-0.4, -0.2) is 18.4 Å². The highest BCUT2D eigenvalue weighted by atomic mass is 35.5. The molecule has 0 saturated carbocycles. The van der Waals surface area contributed by atoms with Gasteiger partial charge in [0.25, 0.3) is 0 Å². The van der Waals surface area contributed by atoms with E-state index in [9.17, 15) is 18.3 Å². The van der Waals surface area contributed by atoms with Crippen LogP contribution in [0.4, 0.5) is 13.2 Å². The Morgan fingerprint density at radius 3 is 2.35 bits per heavy atom. The lowest BCUT2D eigenvalue weighted by Gasteiger charge is -2.16. The number of aliphatic hydroxyl groups is 1. The van der Waals surface area contributed by atoms with Crippen LogP contribution in [0.2, 0.25) is 10.0 Å². The molecule has 0 spiro atoms. The van der Waals surface area contributed by atoms with E-state index in [1.807, 2.05) is 0 Å². The Kier molecular flexibility index (Phi) is 4.52. The van der Waals surface area contributed by atoms with E-state index in [-0.39, 0.29) is 21.4 Å². The third-order valence-corrected chi connectivity index (χ3v) is 2.68. The van der Waals surface area contributed by atoms with E-state index in [1.165, 1.54) is 19.2 Å². The van der Waals surface area contributed by atoms with Crippen molar-refractivity contribution in [3.63, 3.8) is 0 Å². The van der Waals surface area contributed by atoms with Gasteiger partial charge in [0.2, 0.25) is 0 Å². The Morgan fingerprint density at radius 1 is 1.29 bits per heavy atom. The SMILES string of the molecule is COc1cc(Cl)c(C(O)CC(F)(F)F)cc1Cl. The molecule has 1 aromatic rings. The number of alkyl halides is 3. The maximum atomic E-state index is 12.1. The van der Waals surface area contributed by atoms with Crippen LogP contribution in [-0.2, 0) is 0 Å². The summed E-state index contributed by atoms with van der Waals surface area (Å²) in [5.41, 5.74) is -0.0743. The molecule has 1 unspecified atom stereocenters. The van der Waals surface area contributed by atoms with Gasteiger partial charge in [-0.3, -0.25) is 0 Å². The second-order valence-corrected chi connectivity index (χ2v) is 4.16. The van der Waals surface area contributed by atoms with Crippen LogP contribution in [0.15, 0.2) is 12.1 Å². The average molecular weight is 289 g/mol. The maximum Gasteiger partial charge on any atom is 0.391 e. The van der Waals surface area contributed by atoms with Gasteiger partial charge < -0.3 is 9.84 Å². The van der Waals surface area contributed by atoms with Crippen LogP contribution in [0, 0.1) is 0 Å². The quantitative estimate of drug-likeness (QED) is 0.911. The highest BCUT2D eigenvalue weighted by molar-refractivity contribution is 6.34. The summed E-state index contributed by atoms with van der Waals surface area (Å²) in [7, 11) is 1.35. The zero-order valence-corrected chi connectivity index (χ0v) is 10.2. The summed E-state index contributed by atoms with van der Waals surface area (Å²) in [4.78, 5) is 0. The van der Waals surface area contributed by atoms with Crippen molar-refractivity contribution in [3.05, 3.63) is 27.7 Å². The summed E-state index contributed by atoms with van der Waals surface area (Å²) >= 11 is 11.5.